The van der Waals surface area contributed by atoms with Gasteiger partial charge in [0.25, 0.3) is 0 Å². The first-order chi connectivity index (χ1) is 8.40. The number of carbonyl (C=O) groups is 2. The lowest BCUT2D eigenvalue weighted by Gasteiger charge is -2.15. The van der Waals surface area contributed by atoms with Crippen molar-refractivity contribution in [2.75, 3.05) is 6.54 Å². The third-order valence-corrected chi connectivity index (χ3v) is 3.20. The molecular formula is C13H24N2O3. The lowest BCUT2D eigenvalue weighted by atomic mass is 10.1. The van der Waals surface area contributed by atoms with Crippen molar-refractivity contribution in [1.82, 2.24) is 10.6 Å². The van der Waals surface area contributed by atoms with Crippen LogP contribution in [0.4, 0.5) is 0 Å². The van der Waals surface area contributed by atoms with Gasteiger partial charge in [0.2, 0.25) is 11.8 Å². The van der Waals surface area contributed by atoms with Gasteiger partial charge in [0.05, 0.1) is 6.10 Å². The minimum absolute atomic E-state index is 0.0448. The van der Waals surface area contributed by atoms with Crippen molar-refractivity contribution < 1.29 is 14.7 Å². The molecule has 1 rings (SSSR count). The number of nitrogens with one attached hydrogen (secondary N) is 2. The molecule has 1 saturated carbocycles. The number of rotatable bonds is 7. The van der Waals surface area contributed by atoms with Gasteiger partial charge >= 0.3 is 0 Å². The van der Waals surface area contributed by atoms with Gasteiger partial charge in [-0.1, -0.05) is 6.92 Å². The van der Waals surface area contributed by atoms with Crippen LogP contribution < -0.4 is 10.6 Å². The normalized spacial score (nSPS) is 25.1. The minimum Gasteiger partial charge on any atom is -0.393 e. The number of hydrogen-bond donors (Lipinski definition) is 3. The zero-order chi connectivity index (χ0) is 13.7. The summed E-state index contributed by atoms with van der Waals surface area (Å²) in [4.78, 5) is 23.0. The fraction of sp³-hybridized carbons (Fsp3) is 0.846. The number of carbonyl (C=O) groups excluding carboxylic acids is 2. The molecule has 4 unspecified atom stereocenters. The van der Waals surface area contributed by atoms with E-state index in [9.17, 15) is 9.59 Å². The lowest BCUT2D eigenvalue weighted by Crippen LogP contribution is -2.37. The predicted molar refractivity (Wildman–Crippen MR) is 68.8 cm³/mol. The molecule has 1 aliphatic carbocycles. The number of aliphatic hydroxyl groups excluding tert-OH is 1. The molecule has 18 heavy (non-hydrogen) atoms. The first kappa shape index (κ1) is 15.0. The molecule has 0 radical (unpaired) electrons. The van der Waals surface area contributed by atoms with Crippen LogP contribution in [0, 0.1) is 11.8 Å². The van der Waals surface area contributed by atoms with Gasteiger partial charge in [0, 0.05) is 24.9 Å². The molecule has 104 valence electrons. The van der Waals surface area contributed by atoms with E-state index in [1.54, 1.807) is 6.92 Å². The van der Waals surface area contributed by atoms with Crippen molar-refractivity contribution in [3.63, 3.8) is 0 Å². The summed E-state index contributed by atoms with van der Waals surface area (Å²) < 4.78 is 0. The summed E-state index contributed by atoms with van der Waals surface area (Å²) in [7, 11) is 0. The highest BCUT2D eigenvalue weighted by Gasteiger charge is 2.38. The van der Waals surface area contributed by atoms with Crippen LogP contribution in [-0.4, -0.2) is 35.6 Å². The summed E-state index contributed by atoms with van der Waals surface area (Å²) >= 11 is 0. The molecule has 0 aliphatic heterocycles. The molecule has 4 atom stereocenters. The molecule has 0 saturated heterocycles. The highest BCUT2D eigenvalue weighted by atomic mass is 16.3. The molecule has 1 fully saturated rings. The molecule has 0 aromatic carbocycles. The van der Waals surface area contributed by atoms with Crippen LogP contribution >= 0.6 is 0 Å². The zero-order valence-electron chi connectivity index (χ0n) is 11.4. The van der Waals surface area contributed by atoms with Gasteiger partial charge in [-0.3, -0.25) is 9.59 Å². The average molecular weight is 256 g/mol. The SMILES string of the molecule is CC(O)CC(C)NC(=O)CCNC(=O)C1CC1C. The average Bonchev–Trinajstić information content (AvgIpc) is 2.93. The van der Waals surface area contributed by atoms with E-state index in [-0.39, 0.29) is 30.2 Å². The Morgan fingerprint density at radius 3 is 2.50 bits per heavy atom. The molecule has 0 aromatic rings. The Hall–Kier alpha value is -1.10. The van der Waals surface area contributed by atoms with Gasteiger partial charge in [-0.15, -0.1) is 0 Å². The Morgan fingerprint density at radius 2 is 2.00 bits per heavy atom. The molecular weight excluding hydrogens is 232 g/mol. The zero-order valence-corrected chi connectivity index (χ0v) is 11.4. The molecule has 5 heteroatoms. The quantitative estimate of drug-likeness (QED) is 0.618. The maximum atomic E-state index is 11.5. The van der Waals surface area contributed by atoms with Crippen molar-refractivity contribution in [2.45, 2.75) is 52.2 Å². The van der Waals surface area contributed by atoms with Crippen LogP contribution in [-0.2, 0) is 9.59 Å². The third-order valence-electron chi connectivity index (χ3n) is 3.20. The van der Waals surface area contributed by atoms with E-state index >= 15 is 0 Å². The van der Waals surface area contributed by atoms with Crippen molar-refractivity contribution in [3.8, 4) is 0 Å². The van der Waals surface area contributed by atoms with Gasteiger partial charge in [-0.05, 0) is 32.6 Å². The van der Waals surface area contributed by atoms with Crippen LogP contribution in [0.2, 0.25) is 0 Å². The predicted octanol–water partition coefficient (Wildman–Crippen LogP) is 0.424. The molecule has 0 heterocycles. The van der Waals surface area contributed by atoms with E-state index in [0.717, 1.165) is 6.42 Å². The number of aliphatic hydroxyl groups is 1. The second kappa shape index (κ2) is 6.73. The first-order valence-electron chi connectivity index (χ1n) is 6.65. The largest absolute Gasteiger partial charge is 0.393 e. The van der Waals surface area contributed by atoms with Crippen molar-refractivity contribution in [3.05, 3.63) is 0 Å². The second-order valence-corrected chi connectivity index (χ2v) is 5.41. The molecule has 0 bridgehead atoms. The van der Waals surface area contributed by atoms with E-state index in [0.29, 0.717) is 18.9 Å². The Kier molecular flexibility index (Phi) is 5.59. The summed E-state index contributed by atoms with van der Waals surface area (Å²) in [6, 6.07) is -0.0448. The number of hydrogen-bond acceptors (Lipinski definition) is 3. The Labute approximate surface area is 108 Å². The summed E-state index contributed by atoms with van der Waals surface area (Å²) in [5.41, 5.74) is 0. The van der Waals surface area contributed by atoms with Gasteiger partial charge in [-0.25, -0.2) is 0 Å². The van der Waals surface area contributed by atoms with Crippen LogP contribution in [0.25, 0.3) is 0 Å². The van der Waals surface area contributed by atoms with E-state index < -0.39 is 6.10 Å². The van der Waals surface area contributed by atoms with Crippen LogP contribution in [0.3, 0.4) is 0 Å². The van der Waals surface area contributed by atoms with Gasteiger partial charge in [0.1, 0.15) is 0 Å². The van der Waals surface area contributed by atoms with Gasteiger partial charge < -0.3 is 15.7 Å². The van der Waals surface area contributed by atoms with E-state index in [4.69, 9.17) is 5.11 Å². The fourth-order valence-electron chi connectivity index (χ4n) is 2.04. The van der Waals surface area contributed by atoms with E-state index in [2.05, 4.69) is 17.6 Å². The van der Waals surface area contributed by atoms with E-state index in [1.807, 2.05) is 6.92 Å². The summed E-state index contributed by atoms with van der Waals surface area (Å²) in [6.07, 6.45) is 1.37. The maximum absolute atomic E-state index is 11.5. The monoisotopic (exact) mass is 256 g/mol. The minimum atomic E-state index is -0.420. The summed E-state index contributed by atoms with van der Waals surface area (Å²) in [5, 5.41) is 14.7. The fourth-order valence-corrected chi connectivity index (χ4v) is 2.04. The number of amides is 2. The van der Waals surface area contributed by atoms with Crippen LogP contribution in [0.15, 0.2) is 0 Å². The van der Waals surface area contributed by atoms with Gasteiger partial charge in [0.15, 0.2) is 0 Å². The standard InChI is InChI=1S/C13H24N2O3/c1-8-6-11(8)13(18)14-5-4-12(17)15-9(2)7-10(3)16/h8-11,16H,4-7H2,1-3H3,(H,14,18)(H,15,17). The third kappa shape index (κ3) is 5.49. The summed E-state index contributed by atoms with van der Waals surface area (Å²) in [6.45, 7) is 5.98. The topological polar surface area (TPSA) is 78.4 Å². The highest BCUT2D eigenvalue weighted by molar-refractivity contribution is 5.82. The summed E-state index contributed by atoms with van der Waals surface area (Å²) in [5.74, 6) is 0.617. The maximum Gasteiger partial charge on any atom is 0.223 e. The van der Waals surface area contributed by atoms with Crippen molar-refractivity contribution >= 4 is 11.8 Å². The van der Waals surface area contributed by atoms with Crippen LogP contribution in [0.5, 0.6) is 0 Å². The van der Waals surface area contributed by atoms with Crippen molar-refractivity contribution in [1.29, 1.82) is 0 Å². The van der Waals surface area contributed by atoms with Crippen molar-refractivity contribution in [2.24, 2.45) is 11.8 Å². The molecule has 5 nitrogen and oxygen atoms in total. The second-order valence-electron chi connectivity index (χ2n) is 5.41. The molecule has 0 aromatic heterocycles. The molecule has 0 spiro atoms. The molecule has 2 amide bonds. The molecule has 3 N–H and O–H groups in total. The van der Waals surface area contributed by atoms with E-state index in [1.165, 1.54) is 0 Å². The Bertz CT molecular complexity index is 305. The lowest BCUT2D eigenvalue weighted by molar-refractivity contribution is -0.123. The Morgan fingerprint density at radius 1 is 1.39 bits per heavy atom. The first-order valence-corrected chi connectivity index (χ1v) is 6.65. The highest BCUT2D eigenvalue weighted by Crippen LogP contribution is 2.37. The van der Waals surface area contributed by atoms with Crippen LogP contribution in [0.1, 0.15) is 40.0 Å². The smallest absolute Gasteiger partial charge is 0.223 e. The van der Waals surface area contributed by atoms with Gasteiger partial charge in [-0.2, -0.15) is 0 Å². The Balaban J connectivity index is 2.08. The molecule has 1 aliphatic rings.